The maximum absolute atomic E-state index is 12.4. The van der Waals surface area contributed by atoms with E-state index in [1.807, 2.05) is 17.0 Å². The van der Waals surface area contributed by atoms with Crippen LogP contribution in [-0.2, 0) is 11.2 Å². The Labute approximate surface area is 114 Å². The Bertz CT molecular complexity index is 445. The van der Waals surface area contributed by atoms with Crippen LogP contribution in [0.2, 0.25) is 0 Å². The smallest absolute Gasteiger partial charge is 0.230 e. The van der Waals surface area contributed by atoms with Gasteiger partial charge in [0.15, 0.2) is 0 Å². The number of amides is 1. The molecule has 1 amide bonds. The van der Waals surface area contributed by atoms with Crippen molar-refractivity contribution in [3.8, 4) is 0 Å². The standard InChI is InChI=1S/C14H18N2O.ClH/c1-10(12-8-15-9-12)14(17)16-7-6-11-4-2-3-5-13(11)16;/h2-5,10,12,15H,6-9H2,1H3;1H. The lowest BCUT2D eigenvalue weighted by Crippen LogP contribution is -2.50. The average Bonchev–Trinajstić information content (AvgIpc) is 2.69. The molecule has 0 aliphatic carbocycles. The molecule has 3 rings (SSSR count). The highest BCUT2D eigenvalue weighted by molar-refractivity contribution is 5.97. The zero-order chi connectivity index (χ0) is 11.8. The van der Waals surface area contributed by atoms with Gasteiger partial charge in [0.25, 0.3) is 0 Å². The first kappa shape index (κ1) is 13.4. The van der Waals surface area contributed by atoms with E-state index in [9.17, 15) is 4.79 Å². The molecule has 2 heterocycles. The van der Waals surface area contributed by atoms with Gasteiger partial charge < -0.3 is 10.2 Å². The van der Waals surface area contributed by atoms with E-state index < -0.39 is 0 Å². The molecule has 4 heteroatoms. The zero-order valence-corrected chi connectivity index (χ0v) is 11.4. The number of rotatable bonds is 2. The normalized spacial score (nSPS) is 19.7. The molecule has 0 radical (unpaired) electrons. The SMILES string of the molecule is CC(C(=O)N1CCc2ccccc21)C1CNC1.Cl. The largest absolute Gasteiger partial charge is 0.316 e. The molecule has 1 aromatic carbocycles. The summed E-state index contributed by atoms with van der Waals surface area (Å²) in [6.45, 7) is 4.89. The van der Waals surface area contributed by atoms with Crippen molar-refractivity contribution in [1.82, 2.24) is 5.32 Å². The summed E-state index contributed by atoms with van der Waals surface area (Å²) < 4.78 is 0. The molecule has 1 atom stereocenters. The molecule has 2 aliphatic rings. The van der Waals surface area contributed by atoms with E-state index in [0.29, 0.717) is 11.8 Å². The summed E-state index contributed by atoms with van der Waals surface area (Å²) in [4.78, 5) is 14.4. The fourth-order valence-corrected chi connectivity index (χ4v) is 2.68. The number of hydrogen-bond acceptors (Lipinski definition) is 2. The van der Waals surface area contributed by atoms with Gasteiger partial charge in [0, 0.05) is 18.2 Å². The van der Waals surface area contributed by atoms with Crippen LogP contribution in [0.15, 0.2) is 24.3 Å². The van der Waals surface area contributed by atoms with E-state index in [1.54, 1.807) is 0 Å². The van der Waals surface area contributed by atoms with Crippen molar-refractivity contribution in [1.29, 1.82) is 0 Å². The Hall–Kier alpha value is -1.06. The lowest BCUT2D eigenvalue weighted by atomic mass is 9.88. The maximum atomic E-state index is 12.4. The molecular formula is C14H19ClN2O. The molecule has 1 fully saturated rings. The van der Waals surface area contributed by atoms with Crippen LogP contribution in [0.5, 0.6) is 0 Å². The van der Waals surface area contributed by atoms with Gasteiger partial charge >= 0.3 is 0 Å². The van der Waals surface area contributed by atoms with Crippen molar-refractivity contribution < 1.29 is 4.79 Å². The van der Waals surface area contributed by atoms with Gasteiger partial charge in [-0.15, -0.1) is 12.4 Å². The fourth-order valence-electron chi connectivity index (χ4n) is 2.68. The first-order valence-electron chi connectivity index (χ1n) is 6.37. The lowest BCUT2D eigenvalue weighted by Gasteiger charge is -2.34. The van der Waals surface area contributed by atoms with Crippen LogP contribution in [0.4, 0.5) is 5.69 Å². The van der Waals surface area contributed by atoms with E-state index in [0.717, 1.165) is 31.7 Å². The van der Waals surface area contributed by atoms with Gasteiger partial charge in [-0.1, -0.05) is 25.1 Å². The van der Waals surface area contributed by atoms with Crippen LogP contribution in [0, 0.1) is 11.8 Å². The molecule has 0 aromatic heterocycles. The second kappa shape index (κ2) is 5.29. The number of hydrogen-bond donors (Lipinski definition) is 1. The molecule has 18 heavy (non-hydrogen) atoms. The predicted molar refractivity (Wildman–Crippen MR) is 75.3 cm³/mol. The topological polar surface area (TPSA) is 32.3 Å². The molecule has 1 unspecified atom stereocenters. The van der Waals surface area contributed by atoms with Crippen LogP contribution >= 0.6 is 12.4 Å². The Morgan fingerprint density at radius 1 is 1.39 bits per heavy atom. The number of benzene rings is 1. The van der Waals surface area contributed by atoms with Crippen molar-refractivity contribution >= 4 is 24.0 Å². The van der Waals surface area contributed by atoms with Crippen molar-refractivity contribution in [2.75, 3.05) is 24.5 Å². The summed E-state index contributed by atoms with van der Waals surface area (Å²) >= 11 is 0. The van der Waals surface area contributed by atoms with E-state index >= 15 is 0 Å². The molecular weight excluding hydrogens is 248 g/mol. The summed E-state index contributed by atoms with van der Waals surface area (Å²) in [5.41, 5.74) is 2.43. The summed E-state index contributed by atoms with van der Waals surface area (Å²) in [5, 5.41) is 3.24. The molecule has 1 saturated heterocycles. The quantitative estimate of drug-likeness (QED) is 0.886. The lowest BCUT2D eigenvalue weighted by molar-refractivity contribution is -0.123. The summed E-state index contributed by atoms with van der Waals surface area (Å²) in [7, 11) is 0. The number of fused-ring (bicyclic) bond motifs is 1. The van der Waals surface area contributed by atoms with Gasteiger partial charge in [0.05, 0.1) is 0 Å². The van der Waals surface area contributed by atoms with Crippen molar-refractivity contribution in [2.45, 2.75) is 13.3 Å². The minimum Gasteiger partial charge on any atom is -0.316 e. The predicted octanol–water partition coefficient (Wildman–Crippen LogP) is 1.85. The fraction of sp³-hybridized carbons (Fsp3) is 0.500. The maximum Gasteiger partial charge on any atom is 0.230 e. The number of carbonyl (C=O) groups is 1. The number of para-hydroxylation sites is 1. The van der Waals surface area contributed by atoms with Crippen molar-refractivity contribution in [2.24, 2.45) is 11.8 Å². The van der Waals surface area contributed by atoms with Crippen LogP contribution in [0.25, 0.3) is 0 Å². The number of nitrogens with one attached hydrogen (secondary N) is 1. The number of anilines is 1. The third-order valence-corrected chi connectivity index (χ3v) is 4.06. The van der Waals surface area contributed by atoms with E-state index in [-0.39, 0.29) is 18.3 Å². The van der Waals surface area contributed by atoms with Gasteiger partial charge in [0.2, 0.25) is 5.91 Å². The van der Waals surface area contributed by atoms with Crippen LogP contribution in [-0.4, -0.2) is 25.5 Å². The van der Waals surface area contributed by atoms with E-state index in [4.69, 9.17) is 0 Å². The molecule has 2 aliphatic heterocycles. The highest BCUT2D eigenvalue weighted by Gasteiger charge is 2.34. The summed E-state index contributed by atoms with van der Waals surface area (Å²) in [6.07, 6.45) is 0.998. The molecule has 0 saturated carbocycles. The second-order valence-corrected chi connectivity index (χ2v) is 5.08. The Kier molecular flexibility index (Phi) is 3.93. The summed E-state index contributed by atoms with van der Waals surface area (Å²) in [5.74, 6) is 0.958. The number of nitrogens with zero attached hydrogens (tertiary/aromatic N) is 1. The van der Waals surface area contributed by atoms with Gasteiger partial charge in [-0.3, -0.25) is 4.79 Å². The molecule has 0 spiro atoms. The van der Waals surface area contributed by atoms with Crippen LogP contribution < -0.4 is 10.2 Å². The van der Waals surface area contributed by atoms with Crippen LogP contribution in [0.1, 0.15) is 12.5 Å². The molecule has 3 nitrogen and oxygen atoms in total. The van der Waals surface area contributed by atoms with Crippen molar-refractivity contribution in [3.05, 3.63) is 29.8 Å². The van der Waals surface area contributed by atoms with Gasteiger partial charge in [-0.2, -0.15) is 0 Å². The third kappa shape index (κ3) is 2.13. The Morgan fingerprint density at radius 2 is 2.11 bits per heavy atom. The molecule has 1 aromatic rings. The Morgan fingerprint density at radius 3 is 2.78 bits per heavy atom. The first-order valence-corrected chi connectivity index (χ1v) is 6.37. The van der Waals surface area contributed by atoms with E-state index in [1.165, 1.54) is 5.56 Å². The monoisotopic (exact) mass is 266 g/mol. The minimum atomic E-state index is 0. The van der Waals surface area contributed by atoms with Gasteiger partial charge in [0.1, 0.15) is 0 Å². The van der Waals surface area contributed by atoms with Gasteiger partial charge in [-0.05, 0) is 37.1 Å². The second-order valence-electron chi connectivity index (χ2n) is 5.08. The van der Waals surface area contributed by atoms with Crippen LogP contribution in [0.3, 0.4) is 0 Å². The molecule has 98 valence electrons. The summed E-state index contributed by atoms with van der Waals surface area (Å²) in [6, 6.07) is 8.25. The highest BCUT2D eigenvalue weighted by atomic mass is 35.5. The molecule has 0 bridgehead atoms. The van der Waals surface area contributed by atoms with Gasteiger partial charge in [-0.25, -0.2) is 0 Å². The number of carbonyl (C=O) groups excluding carboxylic acids is 1. The minimum absolute atomic E-state index is 0. The van der Waals surface area contributed by atoms with E-state index in [2.05, 4.69) is 24.4 Å². The third-order valence-electron chi connectivity index (χ3n) is 4.06. The number of halogens is 1. The Balaban J connectivity index is 0.00000120. The zero-order valence-electron chi connectivity index (χ0n) is 10.6. The highest BCUT2D eigenvalue weighted by Crippen LogP contribution is 2.30. The average molecular weight is 267 g/mol. The molecule has 1 N–H and O–H groups in total. The first-order chi connectivity index (χ1) is 8.27. The van der Waals surface area contributed by atoms with Crippen molar-refractivity contribution in [3.63, 3.8) is 0 Å².